The van der Waals surface area contributed by atoms with Crippen molar-refractivity contribution in [3.8, 4) is 5.75 Å². The Morgan fingerprint density at radius 1 is 1.21 bits per heavy atom. The number of ether oxygens (including phenoxy) is 2. The summed E-state index contributed by atoms with van der Waals surface area (Å²) in [4.78, 5) is 2.35. The third-order valence-corrected chi connectivity index (χ3v) is 3.23. The van der Waals surface area contributed by atoms with Gasteiger partial charge in [0.2, 0.25) is 0 Å². The molecule has 0 aliphatic heterocycles. The van der Waals surface area contributed by atoms with E-state index in [1.807, 2.05) is 13.0 Å². The highest BCUT2D eigenvalue weighted by Crippen LogP contribution is 2.14. The Labute approximate surface area is 117 Å². The van der Waals surface area contributed by atoms with Gasteiger partial charge in [-0.25, -0.2) is 0 Å². The van der Waals surface area contributed by atoms with Crippen LogP contribution in [0.5, 0.6) is 5.75 Å². The van der Waals surface area contributed by atoms with Gasteiger partial charge in [-0.1, -0.05) is 12.1 Å². The van der Waals surface area contributed by atoms with Gasteiger partial charge in [0.1, 0.15) is 12.4 Å². The lowest BCUT2D eigenvalue weighted by Gasteiger charge is -2.20. The first kappa shape index (κ1) is 16.0. The van der Waals surface area contributed by atoms with Crippen molar-refractivity contribution in [1.29, 1.82) is 0 Å². The maximum absolute atomic E-state index is 5.66. The minimum Gasteiger partial charge on any atom is -0.491 e. The molecule has 0 fully saturated rings. The number of nitrogens with zero attached hydrogens (tertiary/aromatic N) is 1. The highest BCUT2D eigenvalue weighted by molar-refractivity contribution is 5.28. The topological polar surface area (TPSA) is 21.7 Å². The van der Waals surface area contributed by atoms with Gasteiger partial charge < -0.3 is 14.4 Å². The molecule has 0 spiro atoms. The third-order valence-electron chi connectivity index (χ3n) is 3.23. The van der Waals surface area contributed by atoms with Crippen LogP contribution in [-0.4, -0.2) is 44.4 Å². The lowest BCUT2D eigenvalue weighted by Crippen LogP contribution is -2.28. The van der Waals surface area contributed by atoms with Crippen molar-refractivity contribution >= 4 is 0 Å². The van der Waals surface area contributed by atoms with Crippen molar-refractivity contribution in [1.82, 2.24) is 4.90 Å². The summed E-state index contributed by atoms with van der Waals surface area (Å²) in [5, 5.41) is 0. The van der Waals surface area contributed by atoms with Crippen LogP contribution < -0.4 is 4.74 Å². The van der Waals surface area contributed by atoms with E-state index in [-0.39, 0.29) is 0 Å². The number of hydrogen-bond acceptors (Lipinski definition) is 3. The van der Waals surface area contributed by atoms with E-state index >= 15 is 0 Å². The van der Waals surface area contributed by atoms with Crippen molar-refractivity contribution < 1.29 is 9.47 Å². The molecule has 0 amide bonds. The average molecular weight is 265 g/mol. The van der Waals surface area contributed by atoms with Crippen molar-refractivity contribution in [2.75, 3.05) is 33.4 Å². The number of rotatable bonds is 9. The summed E-state index contributed by atoms with van der Waals surface area (Å²) >= 11 is 0. The molecule has 0 bridgehead atoms. The van der Waals surface area contributed by atoms with Gasteiger partial charge in [0.05, 0.1) is 6.61 Å². The van der Waals surface area contributed by atoms with E-state index in [1.54, 1.807) is 0 Å². The van der Waals surface area contributed by atoms with E-state index in [9.17, 15) is 0 Å². The fourth-order valence-electron chi connectivity index (χ4n) is 1.72. The van der Waals surface area contributed by atoms with Gasteiger partial charge in [0.15, 0.2) is 0 Å². The molecular formula is C16H27NO2. The van der Waals surface area contributed by atoms with Crippen molar-refractivity contribution in [2.45, 2.75) is 33.2 Å². The second-order valence-corrected chi connectivity index (χ2v) is 5.02. The Hall–Kier alpha value is -1.06. The standard InChI is InChI=1S/C16H27NO2/c1-5-18-11-12-19-16-8-6-7-15(13-16)9-10-17(4)14(2)3/h6-8,13-14H,5,9-12H2,1-4H3. The Bertz CT molecular complexity index is 352. The predicted molar refractivity (Wildman–Crippen MR) is 79.9 cm³/mol. The van der Waals surface area contributed by atoms with Crippen LogP contribution in [0.3, 0.4) is 0 Å². The zero-order valence-corrected chi connectivity index (χ0v) is 12.7. The summed E-state index contributed by atoms with van der Waals surface area (Å²) in [6, 6.07) is 8.93. The summed E-state index contributed by atoms with van der Waals surface area (Å²) in [6.45, 7) is 9.50. The Kier molecular flexibility index (Phi) is 7.53. The minimum atomic E-state index is 0.589. The van der Waals surface area contributed by atoms with E-state index in [0.29, 0.717) is 19.3 Å². The Morgan fingerprint density at radius 3 is 2.68 bits per heavy atom. The van der Waals surface area contributed by atoms with Crippen LogP contribution in [0.2, 0.25) is 0 Å². The molecule has 19 heavy (non-hydrogen) atoms. The quantitative estimate of drug-likeness (QED) is 0.641. The molecule has 0 unspecified atom stereocenters. The second-order valence-electron chi connectivity index (χ2n) is 5.02. The predicted octanol–water partition coefficient (Wildman–Crippen LogP) is 2.98. The molecule has 1 aromatic rings. The summed E-state index contributed by atoms with van der Waals surface area (Å²) < 4.78 is 10.9. The molecule has 0 saturated heterocycles. The first-order chi connectivity index (χ1) is 9.13. The largest absolute Gasteiger partial charge is 0.491 e. The molecule has 0 aliphatic carbocycles. The molecule has 0 aliphatic rings. The maximum Gasteiger partial charge on any atom is 0.119 e. The van der Waals surface area contributed by atoms with Crippen LogP contribution in [0, 0.1) is 0 Å². The third kappa shape index (κ3) is 6.60. The normalized spacial score (nSPS) is 11.3. The van der Waals surface area contributed by atoms with Crippen LogP contribution >= 0.6 is 0 Å². The van der Waals surface area contributed by atoms with Gasteiger partial charge in [-0.2, -0.15) is 0 Å². The summed E-state index contributed by atoms with van der Waals surface area (Å²) in [5.41, 5.74) is 1.32. The second kappa shape index (κ2) is 8.94. The fraction of sp³-hybridized carbons (Fsp3) is 0.625. The number of hydrogen-bond donors (Lipinski definition) is 0. The van der Waals surface area contributed by atoms with Crippen molar-refractivity contribution in [2.24, 2.45) is 0 Å². The van der Waals surface area contributed by atoms with Gasteiger partial charge in [0.25, 0.3) is 0 Å². The Balaban J connectivity index is 2.39. The van der Waals surface area contributed by atoms with E-state index in [4.69, 9.17) is 9.47 Å². The molecule has 0 radical (unpaired) electrons. The van der Waals surface area contributed by atoms with Crippen molar-refractivity contribution in [3.63, 3.8) is 0 Å². The molecule has 3 nitrogen and oxygen atoms in total. The average Bonchev–Trinajstić information content (AvgIpc) is 2.41. The summed E-state index contributed by atoms with van der Waals surface area (Å²) in [6.07, 6.45) is 1.05. The first-order valence-corrected chi connectivity index (χ1v) is 7.13. The highest BCUT2D eigenvalue weighted by Gasteiger charge is 2.04. The SMILES string of the molecule is CCOCCOc1cccc(CCN(C)C(C)C)c1. The van der Waals surface area contributed by atoms with Crippen LogP contribution in [0.1, 0.15) is 26.3 Å². The van der Waals surface area contributed by atoms with E-state index < -0.39 is 0 Å². The van der Waals surface area contributed by atoms with Crippen LogP contribution in [0.4, 0.5) is 0 Å². The molecule has 0 aromatic heterocycles. The van der Waals surface area contributed by atoms with Crippen molar-refractivity contribution in [3.05, 3.63) is 29.8 Å². The number of benzene rings is 1. The molecule has 0 N–H and O–H groups in total. The van der Waals surface area contributed by atoms with Gasteiger partial charge in [-0.05, 0) is 51.9 Å². The number of likely N-dealkylation sites (N-methyl/N-ethyl adjacent to an activating group) is 1. The van der Waals surface area contributed by atoms with Gasteiger partial charge in [0, 0.05) is 19.2 Å². The molecule has 0 saturated carbocycles. The van der Waals surface area contributed by atoms with Crippen LogP contribution in [0.25, 0.3) is 0 Å². The smallest absolute Gasteiger partial charge is 0.119 e. The molecule has 3 heteroatoms. The highest BCUT2D eigenvalue weighted by atomic mass is 16.5. The zero-order valence-electron chi connectivity index (χ0n) is 12.7. The summed E-state index contributed by atoms with van der Waals surface area (Å²) in [5.74, 6) is 0.935. The van der Waals surface area contributed by atoms with E-state index in [1.165, 1.54) is 5.56 Å². The zero-order chi connectivity index (χ0) is 14.1. The first-order valence-electron chi connectivity index (χ1n) is 7.13. The van der Waals surface area contributed by atoms with Gasteiger partial charge in [-0.3, -0.25) is 0 Å². The van der Waals surface area contributed by atoms with Gasteiger partial charge in [-0.15, -0.1) is 0 Å². The molecular weight excluding hydrogens is 238 g/mol. The Morgan fingerprint density at radius 2 is 2.00 bits per heavy atom. The monoisotopic (exact) mass is 265 g/mol. The molecule has 108 valence electrons. The summed E-state index contributed by atoms with van der Waals surface area (Å²) in [7, 11) is 2.16. The van der Waals surface area contributed by atoms with Crippen LogP contribution in [0.15, 0.2) is 24.3 Å². The lowest BCUT2D eigenvalue weighted by atomic mass is 10.1. The minimum absolute atomic E-state index is 0.589. The maximum atomic E-state index is 5.66. The molecule has 0 atom stereocenters. The lowest BCUT2D eigenvalue weighted by molar-refractivity contribution is 0.110. The fourth-order valence-corrected chi connectivity index (χ4v) is 1.72. The van der Waals surface area contributed by atoms with E-state index in [0.717, 1.165) is 25.3 Å². The molecule has 1 rings (SSSR count). The van der Waals surface area contributed by atoms with E-state index in [2.05, 4.69) is 44.0 Å². The van der Waals surface area contributed by atoms with Gasteiger partial charge >= 0.3 is 0 Å². The van der Waals surface area contributed by atoms with Crippen LogP contribution in [-0.2, 0) is 11.2 Å². The molecule has 0 heterocycles. The molecule has 1 aromatic carbocycles.